The van der Waals surface area contributed by atoms with Crippen molar-refractivity contribution in [3.8, 4) is 0 Å². The van der Waals surface area contributed by atoms with Crippen LogP contribution < -0.4 is 5.73 Å². The number of nitrogens with two attached hydrogens (primary N) is 1. The van der Waals surface area contributed by atoms with Crippen LogP contribution in [-0.4, -0.2) is 38.6 Å². The molecule has 4 heterocycles. The van der Waals surface area contributed by atoms with Crippen LogP contribution in [-0.2, 0) is 0 Å². The normalized spacial score (nSPS) is 26.4. The molecule has 4 rings (SSSR count). The van der Waals surface area contributed by atoms with Crippen molar-refractivity contribution in [3.63, 3.8) is 0 Å². The SMILES string of the molecule is Cc1c(C)n(C2CCN3CCCC3C2)c2ncnc(N)c12. The highest BCUT2D eigenvalue weighted by atomic mass is 15.2. The third-order valence-corrected chi connectivity index (χ3v) is 5.52. The zero-order valence-electron chi connectivity index (χ0n) is 12.8. The van der Waals surface area contributed by atoms with Gasteiger partial charge in [0.05, 0.1) is 5.39 Å². The average molecular weight is 285 g/mol. The van der Waals surface area contributed by atoms with Crippen LogP contribution in [0.4, 0.5) is 5.82 Å². The molecule has 112 valence electrons. The summed E-state index contributed by atoms with van der Waals surface area (Å²) in [5.41, 5.74) is 9.64. The van der Waals surface area contributed by atoms with Crippen LogP contribution in [0.2, 0.25) is 0 Å². The number of rotatable bonds is 1. The van der Waals surface area contributed by atoms with Crippen LogP contribution in [0.15, 0.2) is 6.33 Å². The Balaban J connectivity index is 1.80. The van der Waals surface area contributed by atoms with Crippen molar-refractivity contribution in [2.75, 3.05) is 18.8 Å². The highest BCUT2D eigenvalue weighted by Crippen LogP contribution is 2.37. The van der Waals surface area contributed by atoms with Crippen LogP contribution in [0.1, 0.15) is 43.0 Å². The number of anilines is 1. The second-order valence-corrected chi connectivity index (χ2v) is 6.55. The predicted octanol–water partition coefficient (Wildman–Crippen LogP) is 2.43. The van der Waals surface area contributed by atoms with E-state index >= 15 is 0 Å². The summed E-state index contributed by atoms with van der Waals surface area (Å²) in [6.45, 7) is 6.83. The van der Waals surface area contributed by atoms with Crippen molar-refractivity contribution in [1.82, 2.24) is 19.4 Å². The lowest BCUT2D eigenvalue weighted by atomic mass is 9.97. The van der Waals surface area contributed by atoms with Gasteiger partial charge in [-0.2, -0.15) is 0 Å². The van der Waals surface area contributed by atoms with Gasteiger partial charge in [-0.05, 0) is 51.6 Å². The molecular weight excluding hydrogens is 262 g/mol. The fourth-order valence-corrected chi connectivity index (χ4v) is 4.34. The molecule has 2 aliphatic rings. The minimum atomic E-state index is 0.551. The Morgan fingerprint density at radius 1 is 1.14 bits per heavy atom. The molecule has 2 atom stereocenters. The van der Waals surface area contributed by atoms with E-state index in [0.29, 0.717) is 11.9 Å². The smallest absolute Gasteiger partial charge is 0.146 e. The summed E-state index contributed by atoms with van der Waals surface area (Å²) in [6.07, 6.45) is 6.76. The predicted molar refractivity (Wildman–Crippen MR) is 84.3 cm³/mol. The lowest BCUT2D eigenvalue weighted by Crippen LogP contribution is -2.38. The summed E-state index contributed by atoms with van der Waals surface area (Å²) >= 11 is 0. The lowest BCUT2D eigenvalue weighted by Gasteiger charge is -2.36. The Morgan fingerprint density at radius 2 is 2.00 bits per heavy atom. The summed E-state index contributed by atoms with van der Waals surface area (Å²) in [5, 5.41) is 1.05. The zero-order valence-corrected chi connectivity index (χ0v) is 12.8. The van der Waals surface area contributed by atoms with Gasteiger partial charge in [-0.3, -0.25) is 0 Å². The van der Waals surface area contributed by atoms with Gasteiger partial charge in [0.2, 0.25) is 0 Å². The highest BCUT2D eigenvalue weighted by molar-refractivity contribution is 5.90. The molecule has 2 unspecified atom stereocenters. The van der Waals surface area contributed by atoms with Gasteiger partial charge < -0.3 is 15.2 Å². The fourth-order valence-electron chi connectivity index (χ4n) is 4.34. The molecule has 21 heavy (non-hydrogen) atoms. The van der Waals surface area contributed by atoms with E-state index in [1.807, 2.05) is 0 Å². The standard InChI is InChI=1S/C16H23N5/c1-10-11(2)21(16-14(10)15(17)18-9-19-16)13-5-7-20-6-3-4-12(20)8-13/h9,12-13H,3-8H2,1-2H3,(H2,17,18,19). The Morgan fingerprint density at radius 3 is 2.86 bits per heavy atom. The lowest BCUT2D eigenvalue weighted by molar-refractivity contribution is 0.156. The molecule has 0 bridgehead atoms. The first-order valence-corrected chi connectivity index (χ1v) is 7.98. The van der Waals surface area contributed by atoms with E-state index in [9.17, 15) is 0 Å². The third kappa shape index (κ3) is 1.87. The third-order valence-electron chi connectivity index (χ3n) is 5.52. The number of nitrogen functional groups attached to an aromatic ring is 1. The molecule has 2 N–H and O–H groups in total. The second kappa shape index (κ2) is 4.70. The largest absolute Gasteiger partial charge is 0.383 e. The van der Waals surface area contributed by atoms with Gasteiger partial charge in [0.15, 0.2) is 0 Å². The van der Waals surface area contributed by atoms with Gasteiger partial charge in [-0.1, -0.05) is 0 Å². The maximum absolute atomic E-state index is 6.08. The maximum Gasteiger partial charge on any atom is 0.146 e. The highest BCUT2D eigenvalue weighted by Gasteiger charge is 2.34. The molecular formula is C16H23N5. The molecule has 2 aromatic rings. The molecule has 5 heteroatoms. The number of piperidine rings is 1. The number of hydrogen-bond donors (Lipinski definition) is 1. The minimum Gasteiger partial charge on any atom is -0.383 e. The summed E-state index contributed by atoms with van der Waals surface area (Å²) in [4.78, 5) is 11.4. The molecule has 2 aliphatic heterocycles. The van der Waals surface area contributed by atoms with Gasteiger partial charge in [0.1, 0.15) is 17.8 Å². The van der Waals surface area contributed by atoms with E-state index in [-0.39, 0.29) is 0 Å². The monoisotopic (exact) mass is 285 g/mol. The van der Waals surface area contributed by atoms with Crippen molar-refractivity contribution in [3.05, 3.63) is 17.6 Å². The minimum absolute atomic E-state index is 0.551. The molecule has 0 amide bonds. The van der Waals surface area contributed by atoms with Crippen LogP contribution in [0.25, 0.3) is 11.0 Å². The first-order valence-electron chi connectivity index (χ1n) is 7.98. The number of aromatic nitrogens is 3. The number of hydrogen-bond acceptors (Lipinski definition) is 4. The number of fused-ring (bicyclic) bond motifs is 2. The summed E-state index contributed by atoms with van der Waals surface area (Å²) in [5.74, 6) is 0.609. The number of nitrogens with zero attached hydrogens (tertiary/aromatic N) is 4. The molecule has 2 aromatic heterocycles. The summed E-state index contributed by atoms with van der Waals surface area (Å²) in [6, 6.07) is 1.31. The first-order chi connectivity index (χ1) is 10.2. The van der Waals surface area contributed by atoms with E-state index in [2.05, 4.69) is 33.3 Å². The summed E-state index contributed by atoms with van der Waals surface area (Å²) < 4.78 is 2.43. The van der Waals surface area contributed by atoms with Crippen LogP contribution in [0.3, 0.4) is 0 Å². The van der Waals surface area contributed by atoms with Crippen LogP contribution >= 0.6 is 0 Å². The van der Waals surface area contributed by atoms with Crippen molar-refractivity contribution in [2.45, 2.75) is 51.6 Å². The average Bonchev–Trinajstić information content (AvgIpc) is 3.03. The van der Waals surface area contributed by atoms with Gasteiger partial charge in [-0.15, -0.1) is 0 Å². The van der Waals surface area contributed by atoms with Crippen molar-refractivity contribution >= 4 is 16.9 Å². The molecule has 0 radical (unpaired) electrons. The Labute approximate surface area is 125 Å². The second-order valence-electron chi connectivity index (χ2n) is 6.55. The van der Waals surface area contributed by atoms with E-state index in [1.165, 1.54) is 50.0 Å². The Hall–Kier alpha value is -1.62. The Kier molecular flexibility index (Phi) is 2.92. The van der Waals surface area contributed by atoms with Crippen LogP contribution in [0, 0.1) is 13.8 Å². The molecule has 0 aliphatic carbocycles. The number of aryl methyl sites for hydroxylation is 1. The fraction of sp³-hybridized carbons (Fsp3) is 0.625. The molecule has 2 saturated heterocycles. The van der Waals surface area contributed by atoms with Gasteiger partial charge in [0, 0.05) is 24.3 Å². The van der Waals surface area contributed by atoms with Crippen molar-refractivity contribution in [2.24, 2.45) is 0 Å². The molecule has 0 spiro atoms. The van der Waals surface area contributed by atoms with E-state index in [4.69, 9.17) is 5.73 Å². The van der Waals surface area contributed by atoms with E-state index in [1.54, 1.807) is 6.33 Å². The topological polar surface area (TPSA) is 60.0 Å². The molecule has 2 fully saturated rings. The molecule has 0 saturated carbocycles. The van der Waals surface area contributed by atoms with Crippen molar-refractivity contribution in [1.29, 1.82) is 0 Å². The van der Waals surface area contributed by atoms with Gasteiger partial charge >= 0.3 is 0 Å². The maximum atomic E-state index is 6.08. The molecule has 5 nitrogen and oxygen atoms in total. The van der Waals surface area contributed by atoms with Crippen LogP contribution in [0.5, 0.6) is 0 Å². The van der Waals surface area contributed by atoms with Gasteiger partial charge in [0.25, 0.3) is 0 Å². The Bertz CT molecular complexity index is 690. The van der Waals surface area contributed by atoms with E-state index < -0.39 is 0 Å². The van der Waals surface area contributed by atoms with Crippen molar-refractivity contribution < 1.29 is 0 Å². The van der Waals surface area contributed by atoms with Gasteiger partial charge in [-0.25, -0.2) is 9.97 Å². The zero-order chi connectivity index (χ0) is 14.6. The first kappa shape index (κ1) is 13.1. The molecule has 0 aromatic carbocycles. The van der Waals surface area contributed by atoms with E-state index in [0.717, 1.165) is 17.1 Å². The quantitative estimate of drug-likeness (QED) is 0.874. The summed E-state index contributed by atoms with van der Waals surface area (Å²) in [7, 11) is 0.